The third kappa shape index (κ3) is 3.44. The number of aliphatic hydroxyl groups is 1. The van der Waals surface area contributed by atoms with Crippen molar-refractivity contribution in [3.63, 3.8) is 0 Å². The van der Waals surface area contributed by atoms with Crippen LogP contribution >= 0.6 is 0 Å². The van der Waals surface area contributed by atoms with Gasteiger partial charge in [0.2, 0.25) is 0 Å². The minimum absolute atomic E-state index is 0.0963. The highest BCUT2D eigenvalue weighted by molar-refractivity contribution is 5.24. The van der Waals surface area contributed by atoms with Crippen molar-refractivity contribution in [3.05, 3.63) is 35.9 Å². The zero-order valence-electron chi connectivity index (χ0n) is 13.3. The lowest BCUT2D eigenvalue weighted by Gasteiger charge is -2.38. The fourth-order valence-corrected chi connectivity index (χ4v) is 3.42. The minimum Gasteiger partial charge on any atom is -0.375 e. The molecule has 2 aliphatic rings. The molecule has 7 heteroatoms. The number of hydrogen-bond donors (Lipinski definition) is 2. The van der Waals surface area contributed by atoms with Gasteiger partial charge in [-0.25, -0.2) is 0 Å². The van der Waals surface area contributed by atoms with Crippen LogP contribution in [0.3, 0.4) is 0 Å². The van der Waals surface area contributed by atoms with Crippen LogP contribution in [-0.2, 0) is 15.1 Å². The summed E-state index contributed by atoms with van der Waals surface area (Å²) in [4.78, 5) is 0. The molecule has 3 rings (SSSR count). The first-order valence-corrected chi connectivity index (χ1v) is 8.21. The molecular formula is C17H22F3NO3. The highest BCUT2D eigenvalue weighted by Gasteiger charge is 2.55. The molecule has 0 amide bonds. The van der Waals surface area contributed by atoms with E-state index in [1.807, 2.05) is 0 Å². The fourth-order valence-electron chi connectivity index (χ4n) is 3.42. The van der Waals surface area contributed by atoms with E-state index in [4.69, 9.17) is 9.47 Å². The summed E-state index contributed by atoms with van der Waals surface area (Å²) in [6, 6.07) is 7.10. The van der Waals surface area contributed by atoms with Crippen LogP contribution in [0.15, 0.2) is 30.3 Å². The van der Waals surface area contributed by atoms with Crippen LogP contribution in [-0.4, -0.2) is 42.9 Å². The summed E-state index contributed by atoms with van der Waals surface area (Å²) in [5.41, 5.74) is -3.05. The molecule has 1 atom stereocenters. The highest BCUT2D eigenvalue weighted by Crippen LogP contribution is 2.40. The van der Waals surface area contributed by atoms with Gasteiger partial charge in [0.05, 0.1) is 13.2 Å². The predicted octanol–water partition coefficient (Wildman–Crippen LogP) is 2.71. The van der Waals surface area contributed by atoms with Crippen LogP contribution in [0, 0.1) is 0 Å². The van der Waals surface area contributed by atoms with Crippen molar-refractivity contribution in [3.8, 4) is 0 Å². The van der Waals surface area contributed by atoms with Gasteiger partial charge < -0.3 is 19.9 Å². The normalized spacial score (nSPS) is 24.2. The van der Waals surface area contributed by atoms with E-state index in [2.05, 4.69) is 5.32 Å². The Kier molecular flexibility index (Phi) is 4.88. The van der Waals surface area contributed by atoms with Crippen LogP contribution in [0.2, 0.25) is 0 Å². The molecule has 0 bridgehead atoms. The summed E-state index contributed by atoms with van der Waals surface area (Å²) in [6.07, 6.45) is -2.14. The van der Waals surface area contributed by atoms with Crippen LogP contribution in [0.1, 0.15) is 31.2 Å². The molecule has 0 radical (unpaired) electrons. The van der Waals surface area contributed by atoms with E-state index >= 15 is 0 Å². The van der Waals surface area contributed by atoms with E-state index in [-0.39, 0.29) is 11.6 Å². The van der Waals surface area contributed by atoms with Gasteiger partial charge in [-0.15, -0.1) is 0 Å². The molecule has 1 saturated carbocycles. The molecule has 24 heavy (non-hydrogen) atoms. The number of nitrogens with one attached hydrogen (secondary N) is 1. The van der Waals surface area contributed by atoms with Crippen molar-refractivity contribution >= 4 is 0 Å². The molecule has 1 aromatic rings. The minimum atomic E-state index is -4.76. The highest BCUT2D eigenvalue weighted by atomic mass is 19.4. The summed E-state index contributed by atoms with van der Waals surface area (Å²) in [6.45, 7) is 0.569. The molecule has 2 fully saturated rings. The summed E-state index contributed by atoms with van der Waals surface area (Å²) in [5.74, 6) is -0.544. The Morgan fingerprint density at radius 1 is 1.08 bits per heavy atom. The first-order chi connectivity index (χ1) is 11.3. The monoisotopic (exact) mass is 345 g/mol. The van der Waals surface area contributed by atoms with Gasteiger partial charge in [0, 0.05) is 25.4 Å². The summed E-state index contributed by atoms with van der Waals surface area (Å²) < 4.78 is 51.6. The average Bonchev–Trinajstić information content (AvgIpc) is 3.02. The van der Waals surface area contributed by atoms with Crippen molar-refractivity contribution in [2.24, 2.45) is 0 Å². The third-order valence-corrected chi connectivity index (χ3v) is 4.93. The Morgan fingerprint density at radius 3 is 2.21 bits per heavy atom. The Morgan fingerprint density at radius 2 is 1.67 bits per heavy atom. The molecule has 1 aliphatic heterocycles. The molecule has 1 heterocycles. The van der Waals surface area contributed by atoms with Crippen LogP contribution in [0.4, 0.5) is 13.2 Å². The van der Waals surface area contributed by atoms with Gasteiger partial charge in [-0.3, -0.25) is 0 Å². The molecule has 2 N–H and O–H groups in total. The first-order valence-electron chi connectivity index (χ1n) is 8.21. The SMILES string of the molecule is O[C@](CNC1CCC2(CC1)OCCO2)(c1ccccc1)C(F)(F)F. The topological polar surface area (TPSA) is 50.7 Å². The van der Waals surface area contributed by atoms with Crippen LogP contribution < -0.4 is 5.32 Å². The summed E-state index contributed by atoms with van der Waals surface area (Å²) >= 11 is 0. The van der Waals surface area contributed by atoms with Crippen molar-refractivity contribution in [2.75, 3.05) is 19.8 Å². The summed E-state index contributed by atoms with van der Waals surface area (Å²) in [7, 11) is 0. The van der Waals surface area contributed by atoms with E-state index < -0.39 is 24.1 Å². The molecule has 1 spiro atoms. The third-order valence-electron chi connectivity index (χ3n) is 4.93. The number of benzene rings is 1. The Bertz CT molecular complexity index is 536. The standard InChI is InChI=1S/C17H22F3NO3/c18-17(19,20)16(22,13-4-2-1-3-5-13)12-21-14-6-8-15(9-7-14)23-10-11-24-15/h1-5,14,21-22H,6-12H2/t16-/m1/s1. The Labute approximate surface area is 139 Å². The second kappa shape index (κ2) is 6.63. The van der Waals surface area contributed by atoms with Gasteiger partial charge in [-0.05, 0) is 18.4 Å². The van der Waals surface area contributed by atoms with Crippen molar-refractivity contribution in [2.45, 2.75) is 49.3 Å². The first kappa shape index (κ1) is 17.7. The maximum Gasteiger partial charge on any atom is 0.422 e. The van der Waals surface area contributed by atoms with Crippen molar-refractivity contribution in [1.29, 1.82) is 0 Å². The van der Waals surface area contributed by atoms with E-state index in [1.165, 1.54) is 24.3 Å². The van der Waals surface area contributed by atoms with E-state index in [0.29, 0.717) is 38.9 Å². The largest absolute Gasteiger partial charge is 0.422 e. The molecule has 1 aromatic carbocycles. The molecule has 0 unspecified atom stereocenters. The van der Waals surface area contributed by atoms with Gasteiger partial charge in [0.1, 0.15) is 0 Å². The van der Waals surface area contributed by atoms with Gasteiger partial charge in [0.15, 0.2) is 11.4 Å². The van der Waals surface area contributed by atoms with Crippen LogP contribution in [0.25, 0.3) is 0 Å². The molecule has 1 saturated heterocycles. The van der Waals surface area contributed by atoms with Gasteiger partial charge in [-0.2, -0.15) is 13.2 Å². The van der Waals surface area contributed by atoms with Gasteiger partial charge in [-0.1, -0.05) is 30.3 Å². The lowest BCUT2D eigenvalue weighted by atomic mass is 9.88. The smallest absolute Gasteiger partial charge is 0.375 e. The zero-order valence-corrected chi connectivity index (χ0v) is 13.3. The van der Waals surface area contributed by atoms with Crippen LogP contribution in [0.5, 0.6) is 0 Å². The fraction of sp³-hybridized carbons (Fsp3) is 0.647. The van der Waals surface area contributed by atoms with E-state index in [1.54, 1.807) is 6.07 Å². The van der Waals surface area contributed by atoms with Crippen molar-refractivity contribution < 1.29 is 27.8 Å². The van der Waals surface area contributed by atoms with Gasteiger partial charge >= 0.3 is 6.18 Å². The molecule has 0 aromatic heterocycles. The van der Waals surface area contributed by atoms with E-state index in [9.17, 15) is 18.3 Å². The number of alkyl halides is 3. The number of halogens is 3. The number of hydrogen-bond acceptors (Lipinski definition) is 4. The quantitative estimate of drug-likeness (QED) is 0.881. The number of rotatable bonds is 4. The molecule has 4 nitrogen and oxygen atoms in total. The Balaban J connectivity index is 1.63. The Hall–Kier alpha value is -1.15. The second-order valence-electron chi connectivity index (χ2n) is 6.49. The molecule has 1 aliphatic carbocycles. The summed E-state index contributed by atoms with van der Waals surface area (Å²) in [5, 5.41) is 13.2. The lowest BCUT2D eigenvalue weighted by Crippen LogP contribution is -2.53. The van der Waals surface area contributed by atoms with E-state index in [0.717, 1.165) is 0 Å². The molecular weight excluding hydrogens is 323 g/mol. The average molecular weight is 345 g/mol. The molecule has 134 valence electrons. The number of ether oxygens (including phenoxy) is 2. The second-order valence-corrected chi connectivity index (χ2v) is 6.49. The maximum atomic E-state index is 13.5. The lowest BCUT2D eigenvalue weighted by molar-refractivity contribution is -0.265. The predicted molar refractivity (Wildman–Crippen MR) is 81.3 cm³/mol. The zero-order chi connectivity index (χ0) is 17.3. The maximum absolute atomic E-state index is 13.5. The van der Waals surface area contributed by atoms with Gasteiger partial charge in [0.25, 0.3) is 0 Å². The van der Waals surface area contributed by atoms with Crippen molar-refractivity contribution in [1.82, 2.24) is 5.32 Å².